The van der Waals surface area contributed by atoms with Crippen LogP contribution in [-0.2, 0) is 20.7 Å². The summed E-state index contributed by atoms with van der Waals surface area (Å²) in [5, 5.41) is 8.89. The standard InChI is InChI=1S/C13H13BrFNO4/c14-10-2-1-9(15)5-8(10)6-12(17)16-3-4-20-11(7-16)13(18)19/h1-2,5,11H,3-4,6-7H2,(H,18,19). The Labute approximate surface area is 123 Å². The number of carboxylic acids is 1. The van der Waals surface area contributed by atoms with Crippen LogP contribution < -0.4 is 0 Å². The van der Waals surface area contributed by atoms with E-state index in [1.807, 2.05) is 0 Å². The Hall–Kier alpha value is -1.47. The van der Waals surface area contributed by atoms with Crippen molar-refractivity contribution in [1.29, 1.82) is 0 Å². The molecule has 1 amide bonds. The molecule has 5 nitrogen and oxygen atoms in total. The van der Waals surface area contributed by atoms with Crippen LogP contribution in [-0.4, -0.2) is 47.7 Å². The van der Waals surface area contributed by atoms with Gasteiger partial charge >= 0.3 is 5.97 Å². The maximum Gasteiger partial charge on any atom is 0.334 e. The molecule has 1 unspecified atom stereocenters. The van der Waals surface area contributed by atoms with Crippen LogP contribution in [0.15, 0.2) is 22.7 Å². The van der Waals surface area contributed by atoms with E-state index in [9.17, 15) is 14.0 Å². The number of amides is 1. The van der Waals surface area contributed by atoms with E-state index in [-0.39, 0.29) is 25.5 Å². The van der Waals surface area contributed by atoms with Gasteiger partial charge < -0.3 is 14.7 Å². The number of nitrogens with zero attached hydrogens (tertiary/aromatic N) is 1. The summed E-state index contributed by atoms with van der Waals surface area (Å²) in [5.74, 6) is -1.75. The first-order valence-electron chi connectivity index (χ1n) is 6.03. The van der Waals surface area contributed by atoms with Gasteiger partial charge in [-0.3, -0.25) is 4.79 Å². The van der Waals surface area contributed by atoms with E-state index in [0.717, 1.165) is 0 Å². The minimum Gasteiger partial charge on any atom is -0.479 e. The van der Waals surface area contributed by atoms with Crippen molar-refractivity contribution in [2.45, 2.75) is 12.5 Å². The van der Waals surface area contributed by atoms with Crippen molar-refractivity contribution in [1.82, 2.24) is 4.90 Å². The molecule has 1 N–H and O–H groups in total. The average Bonchev–Trinajstić information content (AvgIpc) is 2.43. The molecule has 1 aromatic rings. The third-order valence-electron chi connectivity index (χ3n) is 3.04. The Morgan fingerprint density at radius 2 is 2.25 bits per heavy atom. The first-order valence-corrected chi connectivity index (χ1v) is 6.83. The van der Waals surface area contributed by atoms with Crippen LogP contribution in [0.4, 0.5) is 4.39 Å². The predicted octanol–water partition coefficient (Wildman–Crippen LogP) is 1.44. The number of benzene rings is 1. The minimum atomic E-state index is -1.09. The summed E-state index contributed by atoms with van der Waals surface area (Å²) in [6, 6.07) is 4.13. The normalized spacial score (nSPS) is 18.9. The van der Waals surface area contributed by atoms with Crippen molar-refractivity contribution < 1.29 is 23.8 Å². The number of hydrogen-bond donors (Lipinski definition) is 1. The fourth-order valence-electron chi connectivity index (χ4n) is 1.98. The van der Waals surface area contributed by atoms with E-state index >= 15 is 0 Å². The summed E-state index contributed by atoms with van der Waals surface area (Å²) in [5.41, 5.74) is 0.536. The zero-order valence-electron chi connectivity index (χ0n) is 10.5. The van der Waals surface area contributed by atoms with Crippen molar-refractivity contribution >= 4 is 27.8 Å². The van der Waals surface area contributed by atoms with Gasteiger partial charge in [-0.05, 0) is 23.8 Å². The molecule has 7 heteroatoms. The highest BCUT2D eigenvalue weighted by Gasteiger charge is 2.29. The molecule has 1 saturated heterocycles. The van der Waals surface area contributed by atoms with Crippen LogP contribution in [0.5, 0.6) is 0 Å². The van der Waals surface area contributed by atoms with Gasteiger partial charge in [0.05, 0.1) is 19.6 Å². The van der Waals surface area contributed by atoms with E-state index in [4.69, 9.17) is 9.84 Å². The lowest BCUT2D eigenvalue weighted by molar-refractivity contribution is -0.159. The molecule has 1 heterocycles. The van der Waals surface area contributed by atoms with Crippen molar-refractivity contribution in [2.24, 2.45) is 0 Å². The topological polar surface area (TPSA) is 66.8 Å². The number of carbonyl (C=O) groups is 2. The molecule has 108 valence electrons. The number of aliphatic carboxylic acids is 1. The van der Waals surface area contributed by atoms with Crippen molar-refractivity contribution in [3.8, 4) is 0 Å². The molecule has 0 spiro atoms. The fraction of sp³-hybridized carbons (Fsp3) is 0.385. The lowest BCUT2D eigenvalue weighted by Crippen LogP contribution is -2.49. The molecule has 20 heavy (non-hydrogen) atoms. The van der Waals surface area contributed by atoms with Gasteiger partial charge in [0.25, 0.3) is 0 Å². The quantitative estimate of drug-likeness (QED) is 0.900. The fourth-order valence-corrected chi connectivity index (χ4v) is 2.37. The van der Waals surface area contributed by atoms with E-state index in [2.05, 4.69) is 15.9 Å². The van der Waals surface area contributed by atoms with Gasteiger partial charge in [-0.15, -0.1) is 0 Å². The Morgan fingerprint density at radius 3 is 2.95 bits per heavy atom. The molecule has 1 aliphatic heterocycles. The van der Waals surface area contributed by atoms with Crippen LogP contribution >= 0.6 is 15.9 Å². The van der Waals surface area contributed by atoms with Gasteiger partial charge in [-0.25, -0.2) is 9.18 Å². The van der Waals surface area contributed by atoms with Gasteiger partial charge in [-0.2, -0.15) is 0 Å². The first-order chi connectivity index (χ1) is 9.47. The summed E-state index contributed by atoms with van der Waals surface area (Å²) in [6.07, 6.45) is -0.978. The Morgan fingerprint density at radius 1 is 1.50 bits per heavy atom. The van der Waals surface area contributed by atoms with Crippen LogP contribution in [0.1, 0.15) is 5.56 Å². The molecule has 1 aliphatic rings. The average molecular weight is 346 g/mol. The predicted molar refractivity (Wildman–Crippen MR) is 71.8 cm³/mol. The van der Waals surface area contributed by atoms with Crippen molar-refractivity contribution in [3.63, 3.8) is 0 Å². The van der Waals surface area contributed by atoms with Crippen LogP contribution in [0.25, 0.3) is 0 Å². The number of hydrogen-bond acceptors (Lipinski definition) is 3. The first kappa shape index (κ1) is 14.9. The third-order valence-corrected chi connectivity index (χ3v) is 3.82. The summed E-state index contributed by atoms with van der Waals surface area (Å²) in [4.78, 5) is 24.4. The molecule has 1 aromatic carbocycles. The van der Waals surface area contributed by atoms with E-state index in [0.29, 0.717) is 16.6 Å². The largest absolute Gasteiger partial charge is 0.479 e. The Balaban J connectivity index is 2.04. The zero-order valence-corrected chi connectivity index (χ0v) is 12.1. The monoisotopic (exact) mass is 345 g/mol. The van der Waals surface area contributed by atoms with Gasteiger partial charge in [0.15, 0.2) is 6.10 Å². The van der Waals surface area contributed by atoms with Gasteiger partial charge in [0, 0.05) is 11.0 Å². The number of ether oxygens (including phenoxy) is 1. The van der Waals surface area contributed by atoms with Crippen LogP contribution in [0, 0.1) is 5.82 Å². The third kappa shape index (κ3) is 3.55. The molecule has 1 atom stereocenters. The molecular weight excluding hydrogens is 333 g/mol. The lowest BCUT2D eigenvalue weighted by atomic mass is 10.1. The summed E-state index contributed by atoms with van der Waals surface area (Å²) in [6.45, 7) is 0.545. The molecule has 0 saturated carbocycles. The number of rotatable bonds is 3. The second-order valence-electron chi connectivity index (χ2n) is 4.45. The van der Waals surface area contributed by atoms with Crippen LogP contribution in [0.3, 0.4) is 0 Å². The number of halogens is 2. The molecule has 0 bridgehead atoms. The second kappa shape index (κ2) is 6.32. The molecule has 1 fully saturated rings. The van der Waals surface area contributed by atoms with E-state index < -0.39 is 17.9 Å². The van der Waals surface area contributed by atoms with Gasteiger partial charge in [0.2, 0.25) is 5.91 Å². The Kier molecular flexibility index (Phi) is 4.72. The van der Waals surface area contributed by atoms with E-state index in [1.54, 1.807) is 0 Å². The molecule has 2 rings (SSSR count). The zero-order chi connectivity index (χ0) is 14.7. The molecule has 0 aliphatic carbocycles. The van der Waals surface area contributed by atoms with Crippen molar-refractivity contribution in [2.75, 3.05) is 19.7 Å². The smallest absolute Gasteiger partial charge is 0.334 e. The maximum absolute atomic E-state index is 13.2. The molecule has 0 aromatic heterocycles. The highest BCUT2D eigenvalue weighted by atomic mass is 79.9. The lowest BCUT2D eigenvalue weighted by Gasteiger charge is -2.31. The van der Waals surface area contributed by atoms with Crippen molar-refractivity contribution in [3.05, 3.63) is 34.1 Å². The van der Waals surface area contributed by atoms with E-state index in [1.165, 1.54) is 23.1 Å². The highest BCUT2D eigenvalue weighted by molar-refractivity contribution is 9.10. The summed E-state index contributed by atoms with van der Waals surface area (Å²) in [7, 11) is 0. The number of carbonyl (C=O) groups excluding carboxylic acids is 1. The maximum atomic E-state index is 13.2. The highest BCUT2D eigenvalue weighted by Crippen LogP contribution is 2.19. The van der Waals surface area contributed by atoms with Gasteiger partial charge in [-0.1, -0.05) is 15.9 Å². The second-order valence-corrected chi connectivity index (χ2v) is 5.30. The van der Waals surface area contributed by atoms with Crippen LogP contribution in [0.2, 0.25) is 0 Å². The van der Waals surface area contributed by atoms with Gasteiger partial charge in [0.1, 0.15) is 5.82 Å². The molecular formula is C13H13BrFNO4. The molecule has 0 radical (unpaired) electrons. The minimum absolute atomic E-state index is 0.0150. The number of morpholine rings is 1. The summed E-state index contributed by atoms with van der Waals surface area (Å²) >= 11 is 3.26. The number of carboxylic acid groups (broad SMARTS) is 1. The Bertz CT molecular complexity index is 537. The SMILES string of the molecule is O=C(O)C1CN(C(=O)Cc2cc(F)ccc2Br)CCO1. The summed E-state index contributed by atoms with van der Waals surface area (Å²) < 4.78 is 18.9.